The molecule has 5 heteroatoms. The fourth-order valence-corrected chi connectivity index (χ4v) is 2.04. The van der Waals surface area contributed by atoms with Gasteiger partial charge >= 0.3 is 0 Å². The van der Waals surface area contributed by atoms with Gasteiger partial charge in [-0.15, -0.1) is 0 Å². The van der Waals surface area contributed by atoms with Gasteiger partial charge in [-0.25, -0.2) is 4.98 Å². The molecule has 0 aliphatic rings. The summed E-state index contributed by atoms with van der Waals surface area (Å²) >= 11 is 0. The van der Waals surface area contributed by atoms with Crippen molar-refractivity contribution in [2.24, 2.45) is 5.73 Å². The van der Waals surface area contributed by atoms with Crippen molar-refractivity contribution in [1.82, 2.24) is 4.98 Å². The van der Waals surface area contributed by atoms with E-state index in [1.54, 1.807) is 18.2 Å². The van der Waals surface area contributed by atoms with Crippen molar-refractivity contribution in [3.8, 4) is 11.5 Å². The van der Waals surface area contributed by atoms with Gasteiger partial charge in [0.1, 0.15) is 5.52 Å². The van der Waals surface area contributed by atoms with Gasteiger partial charge in [0.15, 0.2) is 11.4 Å². The molecule has 3 rings (SSSR count). The number of para-hydroxylation sites is 2. The van der Waals surface area contributed by atoms with Gasteiger partial charge in [-0.05, 0) is 24.3 Å². The quantitative estimate of drug-likeness (QED) is 0.560. The summed E-state index contributed by atoms with van der Waals surface area (Å²) in [7, 11) is 0. The van der Waals surface area contributed by atoms with Crippen LogP contribution in [0.5, 0.6) is 0 Å². The number of benzene rings is 2. The lowest BCUT2D eigenvalue weighted by atomic mass is 10.1. The monoisotopic (exact) mass is 267 g/mol. The Morgan fingerprint density at radius 1 is 1.20 bits per heavy atom. The Kier molecular flexibility index (Phi) is 2.96. The van der Waals surface area contributed by atoms with E-state index >= 15 is 0 Å². The van der Waals surface area contributed by atoms with Crippen molar-refractivity contribution in [3.63, 3.8) is 0 Å². The highest BCUT2D eigenvalue weighted by atomic mass is 16.3. The van der Waals surface area contributed by atoms with Crippen LogP contribution in [-0.4, -0.2) is 17.3 Å². The van der Waals surface area contributed by atoms with Crippen LogP contribution in [0, 0.1) is 0 Å². The SMILES string of the molecule is NCC(=O)c1ccc(-c2nc3ccccc3o2)c(N)c1. The molecular formula is C15H13N3O2. The maximum absolute atomic E-state index is 11.5. The number of nitrogen functional groups attached to an aromatic ring is 1. The minimum atomic E-state index is -0.152. The smallest absolute Gasteiger partial charge is 0.229 e. The van der Waals surface area contributed by atoms with Crippen molar-refractivity contribution >= 4 is 22.6 Å². The van der Waals surface area contributed by atoms with E-state index in [-0.39, 0.29) is 12.3 Å². The lowest BCUT2D eigenvalue weighted by Gasteiger charge is -2.04. The van der Waals surface area contributed by atoms with Crippen LogP contribution in [0.3, 0.4) is 0 Å². The molecular weight excluding hydrogens is 254 g/mol. The molecule has 0 amide bonds. The van der Waals surface area contributed by atoms with E-state index in [9.17, 15) is 4.79 Å². The lowest BCUT2D eigenvalue weighted by Crippen LogP contribution is -2.13. The van der Waals surface area contributed by atoms with Crippen LogP contribution >= 0.6 is 0 Å². The Balaban J connectivity index is 2.07. The summed E-state index contributed by atoms with van der Waals surface area (Å²) in [6.07, 6.45) is 0. The highest BCUT2D eigenvalue weighted by Crippen LogP contribution is 2.29. The molecule has 0 unspecified atom stereocenters. The Morgan fingerprint density at radius 2 is 2.00 bits per heavy atom. The summed E-state index contributed by atoms with van der Waals surface area (Å²) in [6.45, 7) is -0.0400. The van der Waals surface area contributed by atoms with Gasteiger partial charge in [-0.2, -0.15) is 0 Å². The van der Waals surface area contributed by atoms with Gasteiger partial charge in [0.25, 0.3) is 0 Å². The van der Waals surface area contributed by atoms with Crippen LogP contribution in [-0.2, 0) is 0 Å². The molecule has 0 radical (unpaired) electrons. The first-order valence-electron chi connectivity index (χ1n) is 6.18. The van der Waals surface area contributed by atoms with E-state index in [1.807, 2.05) is 24.3 Å². The third-order valence-corrected chi connectivity index (χ3v) is 3.08. The standard InChI is InChI=1S/C15H13N3O2/c16-8-13(19)9-5-6-10(11(17)7-9)15-18-12-3-1-2-4-14(12)20-15/h1-7H,8,16-17H2. The molecule has 5 nitrogen and oxygen atoms in total. The average molecular weight is 267 g/mol. The Labute approximate surface area is 115 Å². The third kappa shape index (κ3) is 2.04. The largest absolute Gasteiger partial charge is 0.436 e. The van der Waals surface area contributed by atoms with Crippen LogP contribution in [0.2, 0.25) is 0 Å². The maximum atomic E-state index is 11.5. The zero-order valence-corrected chi connectivity index (χ0v) is 10.7. The van der Waals surface area contributed by atoms with Gasteiger partial charge in [-0.1, -0.05) is 18.2 Å². The summed E-state index contributed by atoms with van der Waals surface area (Å²) in [5.41, 5.74) is 14.4. The second kappa shape index (κ2) is 4.79. The molecule has 2 aromatic carbocycles. The van der Waals surface area contributed by atoms with Crippen molar-refractivity contribution in [2.45, 2.75) is 0 Å². The van der Waals surface area contributed by atoms with Crippen molar-refractivity contribution in [1.29, 1.82) is 0 Å². The van der Waals surface area contributed by atoms with Crippen molar-refractivity contribution < 1.29 is 9.21 Å². The first kappa shape index (κ1) is 12.4. The fourth-order valence-electron chi connectivity index (χ4n) is 2.04. The molecule has 1 aromatic heterocycles. The van der Waals surface area contributed by atoms with E-state index in [0.29, 0.717) is 28.3 Å². The molecule has 3 aromatic rings. The summed E-state index contributed by atoms with van der Waals surface area (Å²) in [4.78, 5) is 15.9. The summed E-state index contributed by atoms with van der Waals surface area (Å²) < 4.78 is 5.66. The van der Waals surface area contributed by atoms with Crippen LogP contribution in [0.25, 0.3) is 22.6 Å². The number of carbonyl (C=O) groups is 1. The molecule has 100 valence electrons. The molecule has 0 saturated heterocycles. The zero-order chi connectivity index (χ0) is 14.1. The van der Waals surface area contributed by atoms with Gasteiger partial charge in [-0.3, -0.25) is 4.79 Å². The van der Waals surface area contributed by atoms with Crippen molar-refractivity contribution in [3.05, 3.63) is 48.0 Å². The van der Waals surface area contributed by atoms with Gasteiger partial charge in [0.05, 0.1) is 12.1 Å². The predicted octanol–water partition coefficient (Wildman–Crippen LogP) is 2.22. The van der Waals surface area contributed by atoms with E-state index in [1.165, 1.54) is 0 Å². The van der Waals surface area contributed by atoms with Gasteiger partial charge in [0, 0.05) is 11.3 Å². The Hall–Kier alpha value is -2.66. The number of oxazole rings is 1. The number of hydrogen-bond donors (Lipinski definition) is 2. The number of Topliss-reactive ketones (excluding diaryl/α,β-unsaturated/α-hetero) is 1. The van der Waals surface area contributed by atoms with Crippen LogP contribution < -0.4 is 11.5 Å². The van der Waals surface area contributed by atoms with E-state index in [0.717, 1.165) is 5.52 Å². The summed E-state index contributed by atoms with van der Waals surface area (Å²) in [5, 5.41) is 0. The van der Waals surface area contributed by atoms with Gasteiger partial charge in [0.2, 0.25) is 5.89 Å². The number of nitrogens with zero attached hydrogens (tertiary/aromatic N) is 1. The highest BCUT2D eigenvalue weighted by Gasteiger charge is 2.13. The number of aromatic nitrogens is 1. The number of hydrogen-bond acceptors (Lipinski definition) is 5. The van der Waals surface area contributed by atoms with Crippen molar-refractivity contribution in [2.75, 3.05) is 12.3 Å². The summed E-state index contributed by atoms with van der Waals surface area (Å²) in [6, 6.07) is 12.5. The average Bonchev–Trinajstić information content (AvgIpc) is 2.89. The predicted molar refractivity (Wildman–Crippen MR) is 77.2 cm³/mol. The first-order chi connectivity index (χ1) is 9.69. The minimum absolute atomic E-state index is 0.0400. The molecule has 1 heterocycles. The third-order valence-electron chi connectivity index (χ3n) is 3.08. The molecule has 0 saturated carbocycles. The number of carbonyl (C=O) groups excluding carboxylic acids is 1. The first-order valence-corrected chi connectivity index (χ1v) is 6.18. The maximum Gasteiger partial charge on any atom is 0.229 e. The Morgan fingerprint density at radius 3 is 2.70 bits per heavy atom. The molecule has 0 bridgehead atoms. The number of nitrogens with two attached hydrogens (primary N) is 2. The Bertz CT molecular complexity index is 760. The second-order valence-corrected chi connectivity index (χ2v) is 4.42. The molecule has 0 fully saturated rings. The number of ketones is 1. The second-order valence-electron chi connectivity index (χ2n) is 4.42. The molecule has 4 N–H and O–H groups in total. The number of anilines is 1. The number of fused-ring (bicyclic) bond motifs is 1. The summed E-state index contributed by atoms with van der Waals surface area (Å²) in [5.74, 6) is 0.288. The van der Waals surface area contributed by atoms with Gasteiger partial charge < -0.3 is 15.9 Å². The molecule has 0 aliphatic carbocycles. The fraction of sp³-hybridized carbons (Fsp3) is 0.0667. The van der Waals surface area contributed by atoms with Crippen LogP contribution in [0.1, 0.15) is 10.4 Å². The van der Waals surface area contributed by atoms with Crippen LogP contribution in [0.15, 0.2) is 46.9 Å². The van der Waals surface area contributed by atoms with E-state index in [2.05, 4.69) is 4.98 Å². The zero-order valence-electron chi connectivity index (χ0n) is 10.7. The molecule has 20 heavy (non-hydrogen) atoms. The number of rotatable bonds is 3. The topological polar surface area (TPSA) is 95.1 Å². The molecule has 0 aliphatic heterocycles. The van der Waals surface area contributed by atoms with E-state index in [4.69, 9.17) is 15.9 Å². The molecule has 0 spiro atoms. The lowest BCUT2D eigenvalue weighted by molar-refractivity contribution is 0.100. The van der Waals surface area contributed by atoms with Crippen LogP contribution in [0.4, 0.5) is 5.69 Å². The normalized spacial score (nSPS) is 10.8. The molecule has 0 atom stereocenters. The minimum Gasteiger partial charge on any atom is -0.436 e. The highest BCUT2D eigenvalue weighted by molar-refractivity contribution is 5.99. The van der Waals surface area contributed by atoms with E-state index < -0.39 is 0 Å².